The number of esters is 1. The Hall–Kier alpha value is -1.86. The summed E-state index contributed by atoms with van der Waals surface area (Å²) in [4.78, 5) is 16.3. The fraction of sp³-hybridized carbons (Fsp3) is 0.500. The summed E-state index contributed by atoms with van der Waals surface area (Å²) in [5.74, 6) is 5.75. The van der Waals surface area contributed by atoms with Crippen molar-refractivity contribution in [1.82, 2.24) is 4.98 Å². The van der Waals surface area contributed by atoms with Crippen LogP contribution >= 0.6 is 0 Å². The number of piperidine rings is 1. The van der Waals surface area contributed by atoms with Crippen LogP contribution in [0.3, 0.4) is 0 Å². The van der Waals surface area contributed by atoms with Crippen LogP contribution in [0.4, 0.5) is 0 Å². The molecule has 1 aromatic heterocycles. The van der Waals surface area contributed by atoms with Crippen LogP contribution in [-0.2, 0) is 9.53 Å². The van der Waals surface area contributed by atoms with E-state index in [1.807, 2.05) is 18.5 Å². The van der Waals surface area contributed by atoms with Gasteiger partial charge >= 0.3 is 5.97 Å². The van der Waals surface area contributed by atoms with Crippen molar-refractivity contribution in [3.05, 3.63) is 30.1 Å². The maximum Gasteiger partial charge on any atom is 0.303 e. The lowest BCUT2D eigenvalue weighted by Gasteiger charge is -2.31. The molecule has 1 aromatic rings. The molecule has 1 aliphatic rings. The number of hydrogen-bond donors (Lipinski definition) is 1. The van der Waals surface area contributed by atoms with Crippen molar-refractivity contribution in [2.45, 2.75) is 32.2 Å². The first kappa shape index (κ1) is 14.5. The molecule has 4 nitrogen and oxygen atoms in total. The number of hydrogen-bond acceptors (Lipinski definition) is 3. The third kappa shape index (κ3) is 4.36. The summed E-state index contributed by atoms with van der Waals surface area (Å²) < 4.78 is 4.81. The molecule has 1 fully saturated rings. The van der Waals surface area contributed by atoms with Crippen molar-refractivity contribution in [3.8, 4) is 11.8 Å². The van der Waals surface area contributed by atoms with Crippen LogP contribution in [-0.4, -0.2) is 30.6 Å². The second kappa shape index (κ2) is 7.66. The van der Waals surface area contributed by atoms with Gasteiger partial charge in [0.05, 0.1) is 6.54 Å². The molecule has 1 aliphatic heterocycles. The van der Waals surface area contributed by atoms with E-state index in [9.17, 15) is 4.79 Å². The van der Waals surface area contributed by atoms with E-state index in [2.05, 4.69) is 22.9 Å². The summed E-state index contributed by atoms with van der Waals surface area (Å²) in [6.07, 6.45) is 7.47. The SMILES string of the molecule is CC(=O)OCC#CC[NH+]1CCCC[C@H]1c1cccnc1. The van der Waals surface area contributed by atoms with Crippen LogP contribution in [0.25, 0.3) is 0 Å². The van der Waals surface area contributed by atoms with E-state index in [0.717, 1.165) is 13.1 Å². The number of nitrogens with one attached hydrogen (secondary N) is 1. The minimum atomic E-state index is -0.280. The van der Waals surface area contributed by atoms with Gasteiger partial charge < -0.3 is 9.64 Å². The van der Waals surface area contributed by atoms with E-state index < -0.39 is 0 Å². The Kier molecular flexibility index (Phi) is 5.57. The number of carbonyl (C=O) groups is 1. The normalized spacial score (nSPS) is 21.6. The van der Waals surface area contributed by atoms with Crippen molar-refractivity contribution in [1.29, 1.82) is 0 Å². The van der Waals surface area contributed by atoms with E-state index >= 15 is 0 Å². The van der Waals surface area contributed by atoms with Gasteiger partial charge in [0.2, 0.25) is 0 Å². The Morgan fingerprint density at radius 2 is 2.40 bits per heavy atom. The Labute approximate surface area is 120 Å². The van der Waals surface area contributed by atoms with Crippen molar-refractivity contribution in [2.75, 3.05) is 19.7 Å². The number of aromatic nitrogens is 1. The van der Waals surface area contributed by atoms with Gasteiger partial charge in [-0.25, -0.2) is 0 Å². The topological polar surface area (TPSA) is 43.6 Å². The average molecular weight is 273 g/mol. The number of likely N-dealkylation sites (tertiary alicyclic amines) is 1. The second-order valence-electron chi connectivity index (χ2n) is 5.05. The zero-order chi connectivity index (χ0) is 14.2. The van der Waals surface area contributed by atoms with Crippen LogP contribution in [0, 0.1) is 11.8 Å². The lowest BCUT2D eigenvalue weighted by Crippen LogP contribution is -3.13. The van der Waals surface area contributed by atoms with Gasteiger partial charge in [-0.1, -0.05) is 12.0 Å². The lowest BCUT2D eigenvalue weighted by atomic mass is 9.96. The predicted molar refractivity (Wildman–Crippen MR) is 75.9 cm³/mol. The van der Waals surface area contributed by atoms with Gasteiger partial charge in [0, 0.05) is 31.3 Å². The van der Waals surface area contributed by atoms with Gasteiger partial charge in [0.15, 0.2) is 6.61 Å². The molecule has 0 spiro atoms. The Bertz CT molecular complexity index is 490. The maximum atomic E-state index is 10.6. The summed E-state index contributed by atoms with van der Waals surface area (Å²) >= 11 is 0. The van der Waals surface area contributed by atoms with Crippen molar-refractivity contribution in [2.24, 2.45) is 0 Å². The third-order valence-corrected chi connectivity index (χ3v) is 3.61. The highest BCUT2D eigenvalue weighted by molar-refractivity contribution is 5.66. The molecule has 20 heavy (non-hydrogen) atoms. The molecule has 1 N–H and O–H groups in total. The molecule has 0 amide bonds. The molecule has 0 aromatic carbocycles. The van der Waals surface area contributed by atoms with E-state index in [4.69, 9.17) is 4.74 Å². The quantitative estimate of drug-likeness (QED) is 0.653. The highest BCUT2D eigenvalue weighted by Gasteiger charge is 2.26. The zero-order valence-electron chi connectivity index (χ0n) is 11.9. The molecule has 0 aliphatic carbocycles. The van der Waals surface area contributed by atoms with Gasteiger partial charge in [-0.2, -0.15) is 0 Å². The Balaban J connectivity index is 1.92. The fourth-order valence-electron chi connectivity index (χ4n) is 2.64. The average Bonchev–Trinajstić information content (AvgIpc) is 2.48. The summed E-state index contributed by atoms with van der Waals surface area (Å²) in [6, 6.07) is 4.63. The first-order valence-electron chi connectivity index (χ1n) is 7.11. The van der Waals surface area contributed by atoms with E-state index in [0.29, 0.717) is 6.04 Å². The van der Waals surface area contributed by atoms with Crippen LogP contribution in [0.2, 0.25) is 0 Å². The van der Waals surface area contributed by atoms with E-state index in [1.165, 1.54) is 36.6 Å². The number of pyridine rings is 1. The molecule has 4 heteroatoms. The van der Waals surface area contributed by atoms with Crippen LogP contribution in [0.1, 0.15) is 37.8 Å². The van der Waals surface area contributed by atoms with E-state index in [-0.39, 0.29) is 12.6 Å². The lowest BCUT2D eigenvalue weighted by molar-refractivity contribution is -0.930. The summed E-state index contributed by atoms with van der Waals surface area (Å²) in [5.41, 5.74) is 1.30. The zero-order valence-corrected chi connectivity index (χ0v) is 11.9. The van der Waals surface area contributed by atoms with Crippen LogP contribution < -0.4 is 4.90 Å². The molecular formula is C16H21N2O2+. The fourth-order valence-corrected chi connectivity index (χ4v) is 2.64. The summed E-state index contributed by atoms with van der Waals surface area (Å²) in [7, 11) is 0. The molecule has 2 atom stereocenters. The number of nitrogens with zero attached hydrogens (tertiary/aromatic N) is 1. The molecule has 106 valence electrons. The number of rotatable bonds is 3. The first-order chi connectivity index (χ1) is 9.77. The number of quaternary nitrogens is 1. The largest absolute Gasteiger partial charge is 0.453 e. The van der Waals surface area contributed by atoms with E-state index in [1.54, 1.807) is 0 Å². The minimum Gasteiger partial charge on any atom is -0.453 e. The summed E-state index contributed by atoms with van der Waals surface area (Å²) in [5, 5.41) is 0. The summed E-state index contributed by atoms with van der Waals surface area (Å²) in [6.45, 7) is 3.53. The van der Waals surface area contributed by atoms with Crippen molar-refractivity contribution >= 4 is 5.97 Å². The Morgan fingerprint density at radius 1 is 1.50 bits per heavy atom. The first-order valence-corrected chi connectivity index (χ1v) is 7.11. The Morgan fingerprint density at radius 3 is 3.15 bits per heavy atom. The number of carbonyl (C=O) groups excluding carboxylic acids is 1. The van der Waals surface area contributed by atoms with Crippen molar-refractivity contribution < 1.29 is 14.4 Å². The number of ether oxygens (including phenoxy) is 1. The van der Waals surface area contributed by atoms with Crippen LogP contribution in [0.15, 0.2) is 24.5 Å². The smallest absolute Gasteiger partial charge is 0.303 e. The second-order valence-corrected chi connectivity index (χ2v) is 5.05. The molecule has 0 saturated carbocycles. The highest BCUT2D eigenvalue weighted by atomic mass is 16.5. The third-order valence-electron chi connectivity index (χ3n) is 3.61. The van der Waals surface area contributed by atoms with Gasteiger partial charge in [-0.3, -0.25) is 9.78 Å². The monoisotopic (exact) mass is 273 g/mol. The molecule has 2 rings (SSSR count). The van der Waals surface area contributed by atoms with Gasteiger partial charge in [-0.15, -0.1) is 0 Å². The molecule has 1 saturated heterocycles. The maximum absolute atomic E-state index is 10.6. The standard InChI is InChI=1S/C16H20N2O2/c1-14(19)20-12-5-4-11-18-10-3-2-8-16(18)15-7-6-9-17-13-15/h6-7,9,13,16H,2-3,8,10-12H2,1H3/p+1/t16-/m0/s1. The molecule has 0 bridgehead atoms. The van der Waals surface area contributed by atoms with Crippen molar-refractivity contribution in [3.63, 3.8) is 0 Å². The van der Waals surface area contributed by atoms with Gasteiger partial charge in [-0.05, 0) is 24.8 Å². The molecule has 2 heterocycles. The molecule has 0 radical (unpaired) electrons. The minimum absolute atomic E-state index is 0.195. The van der Waals surface area contributed by atoms with Crippen LogP contribution in [0.5, 0.6) is 0 Å². The predicted octanol–water partition coefficient (Wildman–Crippen LogP) is 0.758. The highest BCUT2D eigenvalue weighted by Crippen LogP contribution is 2.17. The van der Waals surface area contributed by atoms with Gasteiger partial charge in [0.1, 0.15) is 12.6 Å². The molecular weight excluding hydrogens is 252 g/mol. The molecule has 1 unspecified atom stereocenters. The van der Waals surface area contributed by atoms with Gasteiger partial charge in [0.25, 0.3) is 0 Å².